The third-order valence-corrected chi connectivity index (χ3v) is 7.01. The van der Waals surface area contributed by atoms with E-state index in [0.29, 0.717) is 0 Å². The van der Waals surface area contributed by atoms with Gasteiger partial charge in [-0.3, -0.25) is 0 Å². The van der Waals surface area contributed by atoms with E-state index in [4.69, 9.17) is 4.42 Å². The van der Waals surface area contributed by atoms with Crippen LogP contribution in [0.15, 0.2) is 162 Å². The van der Waals surface area contributed by atoms with Crippen molar-refractivity contribution >= 4 is 56.1 Å². The smallest absolute Gasteiger partial charge is 0.137 e. The molecule has 0 saturated carbocycles. The Kier molecular flexibility index (Phi) is 14.8. The van der Waals surface area contributed by atoms with E-state index in [1.807, 2.05) is 79.7 Å². The SMILES string of the molecule is CC.CC.CC.CC.c1ccc(N(c2ccccc2)c2ccc3c(c2)oc2cc(N(c4ccccc4)c4ccccc4)ccc23)cc1. The zero-order chi connectivity index (χ0) is 34.0. The summed E-state index contributed by atoms with van der Waals surface area (Å²) < 4.78 is 6.52. The van der Waals surface area contributed by atoms with Crippen LogP contribution in [0.25, 0.3) is 21.9 Å². The molecule has 6 aromatic carbocycles. The molecule has 0 saturated heterocycles. The lowest BCUT2D eigenvalue weighted by Crippen LogP contribution is -2.09. The number of fused-ring (bicyclic) bond motifs is 3. The van der Waals surface area contributed by atoms with Crippen molar-refractivity contribution in [1.29, 1.82) is 0 Å². The van der Waals surface area contributed by atoms with Crippen molar-refractivity contribution in [3.8, 4) is 0 Å². The van der Waals surface area contributed by atoms with E-state index in [2.05, 4.69) is 143 Å². The van der Waals surface area contributed by atoms with Gasteiger partial charge in [-0.05, 0) is 72.8 Å². The average Bonchev–Trinajstić information content (AvgIpc) is 3.54. The Labute approximate surface area is 282 Å². The van der Waals surface area contributed by atoms with E-state index in [0.717, 1.165) is 56.1 Å². The predicted molar refractivity (Wildman–Crippen MR) is 208 cm³/mol. The molecule has 7 rings (SSSR count). The molecule has 0 amide bonds. The summed E-state index contributed by atoms with van der Waals surface area (Å²) in [7, 11) is 0. The maximum absolute atomic E-state index is 6.52. The molecule has 0 aliphatic carbocycles. The van der Waals surface area contributed by atoms with E-state index in [1.165, 1.54) is 0 Å². The molecule has 0 radical (unpaired) electrons. The summed E-state index contributed by atoms with van der Waals surface area (Å²) in [5, 5.41) is 2.21. The molecular weight excluding hydrogens is 572 g/mol. The Bertz CT molecular complexity index is 1630. The lowest BCUT2D eigenvalue weighted by atomic mass is 10.1. The van der Waals surface area contributed by atoms with Crippen molar-refractivity contribution in [2.75, 3.05) is 9.80 Å². The van der Waals surface area contributed by atoms with Crippen LogP contribution in [-0.2, 0) is 0 Å². The van der Waals surface area contributed by atoms with Crippen molar-refractivity contribution in [3.05, 3.63) is 158 Å². The summed E-state index contributed by atoms with van der Waals surface area (Å²) in [6.07, 6.45) is 0. The Hall–Kier alpha value is -5.28. The fourth-order valence-electron chi connectivity index (χ4n) is 5.24. The maximum atomic E-state index is 6.52. The molecule has 0 spiro atoms. The number of furan rings is 1. The van der Waals surface area contributed by atoms with Crippen LogP contribution in [0.2, 0.25) is 0 Å². The molecule has 3 heteroatoms. The van der Waals surface area contributed by atoms with Gasteiger partial charge in [0.25, 0.3) is 0 Å². The van der Waals surface area contributed by atoms with Crippen LogP contribution >= 0.6 is 0 Å². The Morgan fingerprint density at radius 3 is 0.809 bits per heavy atom. The van der Waals surface area contributed by atoms with Crippen molar-refractivity contribution < 1.29 is 4.42 Å². The summed E-state index contributed by atoms with van der Waals surface area (Å²) >= 11 is 0. The van der Waals surface area contributed by atoms with Crippen LogP contribution in [-0.4, -0.2) is 0 Å². The highest BCUT2D eigenvalue weighted by atomic mass is 16.3. The number of nitrogens with zero attached hydrogens (tertiary/aromatic N) is 2. The van der Waals surface area contributed by atoms with E-state index < -0.39 is 0 Å². The monoisotopic (exact) mass is 622 g/mol. The van der Waals surface area contributed by atoms with Crippen LogP contribution in [0.5, 0.6) is 0 Å². The molecule has 242 valence electrons. The van der Waals surface area contributed by atoms with Gasteiger partial charge in [0.1, 0.15) is 11.2 Å². The summed E-state index contributed by atoms with van der Waals surface area (Å²) in [5.41, 5.74) is 8.23. The van der Waals surface area contributed by atoms with Crippen LogP contribution < -0.4 is 9.80 Å². The molecule has 0 bridgehead atoms. The number of hydrogen-bond acceptors (Lipinski definition) is 3. The molecule has 0 fully saturated rings. The third kappa shape index (κ3) is 8.51. The first-order valence-electron chi connectivity index (χ1n) is 17.1. The van der Waals surface area contributed by atoms with Gasteiger partial charge in [-0.1, -0.05) is 128 Å². The minimum atomic E-state index is 0.863. The van der Waals surface area contributed by atoms with Gasteiger partial charge in [0, 0.05) is 57.0 Å². The van der Waals surface area contributed by atoms with E-state index in [-0.39, 0.29) is 0 Å². The first-order chi connectivity index (χ1) is 23.3. The second-order valence-corrected chi connectivity index (χ2v) is 9.48. The Morgan fingerprint density at radius 1 is 0.298 bits per heavy atom. The van der Waals surface area contributed by atoms with Crippen LogP contribution in [0, 0.1) is 0 Å². The zero-order valence-electron chi connectivity index (χ0n) is 29.3. The predicted octanol–water partition coefficient (Wildman–Crippen LogP) is 14.6. The lowest BCUT2D eigenvalue weighted by molar-refractivity contribution is 0.669. The fraction of sp³-hybridized carbons (Fsp3) is 0.182. The lowest BCUT2D eigenvalue weighted by Gasteiger charge is -2.25. The molecule has 0 unspecified atom stereocenters. The molecule has 1 heterocycles. The molecule has 7 aromatic rings. The third-order valence-electron chi connectivity index (χ3n) is 7.01. The molecule has 0 aliphatic rings. The molecular formula is C44H50N2O. The van der Waals surface area contributed by atoms with E-state index in [9.17, 15) is 0 Å². The van der Waals surface area contributed by atoms with Crippen molar-refractivity contribution in [3.63, 3.8) is 0 Å². The van der Waals surface area contributed by atoms with Gasteiger partial charge in [0.2, 0.25) is 0 Å². The molecule has 0 aliphatic heterocycles. The van der Waals surface area contributed by atoms with Crippen molar-refractivity contribution in [1.82, 2.24) is 0 Å². The maximum Gasteiger partial charge on any atom is 0.137 e. The quantitative estimate of drug-likeness (QED) is 0.184. The summed E-state index contributed by atoms with van der Waals surface area (Å²) in [4.78, 5) is 4.51. The largest absolute Gasteiger partial charge is 0.456 e. The van der Waals surface area contributed by atoms with Gasteiger partial charge in [-0.2, -0.15) is 0 Å². The highest BCUT2D eigenvalue weighted by molar-refractivity contribution is 6.07. The number of benzene rings is 6. The van der Waals surface area contributed by atoms with Crippen molar-refractivity contribution in [2.45, 2.75) is 55.4 Å². The molecule has 47 heavy (non-hydrogen) atoms. The Morgan fingerprint density at radius 2 is 0.553 bits per heavy atom. The summed E-state index contributed by atoms with van der Waals surface area (Å²) in [6.45, 7) is 16.0. The number of hydrogen-bond donors (Lipinski definition) is 0. The molecule has 0 N–H and O–H groups in total. The van der Waals surface area contributed by atoms with Crippen LogP contribution in [0.4, 0.5) is 34.1 Å². The first-order valence-corrected chi connectivity index (χ1v) is 17.1. The minimum Gasteiger partial charge on any atom is -0.456 e. The second-order valence-electron chi connectivity index (χ2n) is 9.48. The van der Waals surface area contributed by atoms with Crippen molar-refractivity contribution in [2.24, 2.45) is 0 Å². The number of anilines is 6. The number of rotatable bonds is 6. The van der Waals surface area contributed by atoms with E-state index >= 15 is 0 Å². The first kappa shape index (κ1) is 36.2. The van der Waals surface area contributed by atoms with Crippen LogP contribution in [0.3, 0.4) is 0 Å². The van der Waals surface area contributed by atoms with Gasteiger partial charge in [-0.15, -0.1) is 0 Å². The number of para-hydroxylation sites is 4. The summed E-state index contributed by atoms with van der Waals surface area (Å²) in [6, 6.07) is 54.7. The van der Waals surface area contributed by atoms with Gasteiger partial charge >= 0.3 is 0 Å². The zero-order valence-corrected chi connectivity index (χ0v) is 29.3. The fourth-order valence-corrected chi connectivity index (χ4v) is 5.24. The van der Waals surface area contributed by atoms with Gasteiger partial charge in [-0.25, -0.2) is 0 Å². The van der Waals surface area contributed by atoms with E-state index in [1.54, 1.807) is 0 Å². The molecule has 0 atom stereocenters. The average molecular weight is 623 g/mol. The van der Waals surface area contributed by atoms with Gasteiger partial charge in [0.05, 0.1) is 0 Å². The minimum absolute atomic E-state index is 0.863. The molecule has 1 aromatic heterocycles. The van der Waals surface area contributed by atoms with Crippen LogP contribution in [0.1, 0.15) is 55.4 Å². The topological polar surface area (TPSA) is 19.6 Å². The molecule has 3 nitrogen and oxygen atoms in total. The highest BCUT2D eigenvalue weighted by Gasteiger charge is 2.17. The Balaban J connectivity index is 0.000000700. The normalized spacial score (nSPS) is 9.70. The second kappa shape index (κ2) is 19.3. The highest BCUT2D eigenvalue weighted by Crippen LogP contribution is 2.41. The summed E-state index contributed by atoms with van der Waals surface area (Å²) in [5.74, 6) is 0. The van der Waals surface area contributed by atoms with Gasteiger partial charge in [0.15, 0.2) is 0 Å². The standard InChI is InChI=1S/C36H26N2O.4C2H6/c1-5-13-27(14-6-1)37(28-15-7-2-8-16-28)31-21-23-33-34-24-22-32(26-36(34)39-35(33)25-31)38(29-17-9-3-10-18-29)30-19-11-4-12-20-30;4*1-2/h1-26H;4*1-2H3. The van der Waals surface area contributed by atoms with Gasteiger partial charge < -0.3 is 14.2 Å².